The minimum absolute atomic E-state index is 0.0662. The van der Waals surface area contributed by atoms with E-state index >= 15 is 0 Å². The van der Waals surface area contributed by atoms with E-state index in [1.165, 1.54) is 16.0 Å². The van der Waals surface area contributed by atoms with Crippen molar-refractivity contribution in [3.63, 3.8) is 0 Å². The lowest BCUT2D eigenvalue weighted by Crippen LogP contribution is -2.44. The van der Waals surface area contributed by atoms with Crippen LogP contribution in [0.3, 0.4) is 0 Å². The molecular weight excluding hydrogens is 338 g/mol. The number of carboxylic acid groups (broad SMARTS) is 1. The number of carbonyl (C=O) groups excluding carboxylic acids is 1. The predicted octanol–water partition coefficient (Wildman–Crippen LogP) is -0.580. The Labute approximate surface area is 139 Å². The molecule has 132 valence electrons. The normalized spacial score (nSPS) is 24.3. The molecule has 1 aromatic heterocycles. The Balaban J connectivity index is 1.85. The Morgan fingerprint density at radius 1 is 1.42 bits per heavy atom. The summed E-state index contributed by atoms with van der Waals surface area (Å²) in [5.74, 6) is -0.215. The summed E-state index contributed by atoms with van der Waals surface area (Å²) < 4.78 is 26.8. The van der Waals surface area contributed by atoms with Gasteiger partial charge in [-0.1, -0.05) is 0 Å². The summed E-state index contributed by atoms with van der Waals surface area (Å²) in [6.45, 7) is 2.55. The Bertz CT molecular complexity index is 789. The highest BCUT2D eigenvalue weighted by Crippen LogP contribution is 2.30. The van der Waals surface area contributed by atoms with Gasteiger partial charge in [0.25, 0.3) is 0 Å². The molecule has 2 aliphatic rings. The van der Waals surface area contributed by atoms with E-state index in [-0.39, 0.29) is 31.5 Å². The zero-order chi connectivity index (χ0) is 17.6. The van der Waals surface area contributed by atoms with Gasteiger partial charge in [0.05, 0.1) is 43.0 Å². The minimum Gasteiger partial charge on any atom is -0.465 e. The van der Waals surface area contributed by atoms with Crippen molar-refractivity contribution in [3.05, 3.63) is 11.9 Å². The molecule has 24 heavy (non-hydrogen) atoms. The molecule has 11 heteroatoms. The maximum absolute atomic E-state index is 12.3. The van der Waals surface area contributed by atoms with Crippen LogP contribution in [0.25, 0.3) is 0 Å². The highest BCUT2D eigenvalue weighted by molar-refractivity contribution is 7.88. The number of sulfonamides is 1. The van der Waals surface area contributed by atoms with Crippen molar-refractivity contribution in [1.82, 2.24) is 19.4 Å². The van der Waals surface area contributed by atoms with Crippen LogP contribution in [0.5, 0.6) is 0 Å². The summed E-state index contributed by atoms with van der Waals surface area (Å²) >= 11 is 0. The number of anilines is 1. The van der Waals surface area contributed by atoms with Crippen LogP contribution in [0.1, 0.15) is 19.0 Å². The molecule has 0 bridgehead atoms. The van der Waals surface area contributed by atoms with E-state index in [0.717, 1.165) is 6.26 Å². The maximum atomic E-state index is 12.3. The minimum atomic E-state index is -3.40. The number of carbonyl (C=O) groups is 2. The summed E-state index contributed by atoms with van der Waals surface area (Å²) in [6.07, 6.45) is 1.63. The zero-order valence-corrected chi connectivity index (χ0v) is 14.2. The molecule has 1 unspecified atom stereocenters. The van der Waals surface area contributed by atoms with Gasteiger partial charge < -0.3 is 10.0 Å². The van der Waals surface area contributed by atoms with E-state index < -0.39 is 22.2 Å². The molecule has 2 amide bonds. The van der Waals surface area contributed by atoms with Crippen molar-refractivity contribution in [1.29, 1.82) is 0 Å². The first-order valence-corrected chi connectivity index (χ1v) is 9.37. The van der Waals surface area contributed by atoms with Gasteiger partial charge in [-0.15, -0.1) is 0 Å². The van der Waals surface area contributed by atoms with Crippen molar-refractivity contribution in [2.75, 3.05) is 17.7 Å². The van der Waals surface area contributed by atoms with E-state index in [0.29, 0.717) is 17.9 Å². The SMILES string of the molecule is C[C@H]1Cn2ncc(N3CC(NS(C)(=O)=O)CC3=O)c2CN1C(=O)O. The maximum Gasteiger partial charge on any atom is 0.407 e. The molecule has 0 saturated carbocycles. The van der Waals surface area contributed by atoms with Gasteiger partial charge >= 0.3 is 6.09 Å². The first kappa shape index (κ1) is 16.7. The third-order valence-electron chi connectivity index (χ3n) is 4.26. The van der Waals surface area contributed by atoms with Crippen molar-refractivity contribution >= 4 is 27.7 Å². The van der Waals surface area contributed by atoms with E-state index in [1.54, 1.807) is 11.6 Å². The fourth-order valence-corrected chi connectivity index (χ4v) is 3.95. The van der Waals surface area contributed by atoms with Crippen LogP contribution >= 0.6 is 0 Å². The second kappa shape index (κ2) is 5.74. The van der Waals surface area contributed by atoms with Gasteiger partial charge in [0.1, 0.15) is 0 Å². The number of nitrogens with zero attached hydrogens (tertiary/aromatic N) is 4. The lowest BCUT2D eigenvalue weighted by Gasteiger charge is -2.32. The zero-order valence-electron chi connectivity index (χ0n) is 13.3. The Kier molecular flexibility index (Phi) is 4.00. The number of amides is 2. The van der Waals surface area contributed by atoms with Gasteiger partial charge in [-0.25, -0.2) is 17.9 Å². The van der Waals surface area contributed by atoms with E-state index in [2.05, 4.69) is 9.82 Å². The van der Waals surface area contributed by atoms with E-state index in [1.807, 2.05) is 0 Å². The first-order chi connectivity index (χ1) is 11.2. The van der Waals surface area contributed by atoms with Crippen LogP contribution in [-0.2, 0) is 27.9 Å². The lowest BCUT2D eigenvalue weighted by molar-refractivity contribution is -0.117. The van der Waals surface area contributed by atoms with Crippen molar-refractivity contribution in [2.45, 2.75) is 38.5 Å². The third kappa shape index (κ3) is 3.08. The molecule has 10 nitrogen and oxygen atoms in total. The second-order valence-electron chi connectivity index (χ2n) is 6.21. The molecule has 1 saturated heterocycles. The van der Waals surface area contributed by atoms with Crippen LogP contribution in [0.15, 0.2) is 6.20 Å². The van der Waals surface area contributed by atoms with Gasteiger partial charge in [0, 0.05) is 19.0 Å². The van der Waals surface area contributed by atoms with Crippen LogP contribution in [0.2, 0.25) is 0 Å². The van der Waals surface area contributed by atoms with E-state index in [9.17, 15) is 23.1 Å². The monoisotopic (exact) mass is 357 g/mol. The quantitative estimate of drug-likeness (QED) is 0.746. The molecule has 2 atom stereocenters. The van der Waals surface area contributed by atoms with Crippen molar-refractivity contribution in [3.8, 4) is 0 Å². The number of rotatable bonds is 3. The Hall–Kier alpha value is -2.14. The molecular formula is C13H19N5O5S. The van der Waals surface area contributed by atoms with Crippen LogP contribution in [-0.4, -0.2) is 65.1 Å². The molecule has 0 aromatic carbocycles. The average Bonchev–Trinajstić information content (AvgIpc) is 2.98. The number of nitrogens with one attached hydrogen (secondary N) is 1. The predicted molar refractivity (Wildman–Crippen MR) is 84.0 cm³/mol. The summed E-state index contributed by atoms with van der Waals surface area (Å²) in [5.41, 5.74) is 1.18. The smallest absolute Gasteiger partial charge is 0.407 e. The van der Waals surface area contributed by atoms with Gasteiger partial charge in [0.2, 0.25) is 15.9 Å². The number of hydrogen-bond donors (Lipinski definition) is 2. The lowest BCUT2D eigenvalue weighted by atomic mass is 10.2. The molecule has 3 rings (SSSR count). The molecule has 3 heterocycles. The highest BCUT2D eigenvalue weighted by atomic mass is 32.2. The average molecular weight is 357 g/mol. The van der Waals surface area contributed by atoms with Gasteiger partial charge in [-0.2, -0.15) is 5.10 Å². The largest absolute Gasteiger partial charge is 0.465 e. The highest BCUT2D eigenvalue weighted by Gasteiger charge is 2.37. The number of fused-ring (bicyclic) bond motifs is 1. The number of hydrogen-bond acceptors (Lipinski definition) is 5. The van der Waals surface area contributed by atoms with Gasteiger partial charge in [0.15, 0.2) is 0 Å². The molecule has 2 N–H and O–H groups in total. The molecule has 1 aromatic rings. The van der Waals surface area contributed by atoms with Crippen LogP contribution < -0.4 is 9.62 Å². The first-order valence-electron chi connectivity index (χ1n) is 7.47. The molecule has 0 radical (unpaired) electrons. The van der Waals surface area contributed by atoms with Crippen molar-refractivity contribution in [2.24, 2.45) is 0 Å². The summed E-state index contributed by atoms with van der Waals surface area (Å²) in [4.78, 5) is 26.4. The van der Waals surface area contributed by atoms with Gasteiger partial charge in [-0.3, -0.25) is 14.4 Å². The second-order valence-corrected chi connectivity index (χ2v) is 7.99. The molecule has 2 aliphatic heterocycles. The standard InChI is InChI=1S/C13H19N5O5S/c1-8-5-18-11(7-16(8)13(20)21)10(4-14-18)17-6-9(3-12(17)19)15-24(2,22)23/h4,8-9,15H,3,5-7H2,1-2H3,(H,20,21)/t8-,9?/m0/s1. The Morgan fingerprint density at radius 2 is 2.12 bits per heavy atom. The van der Waals surface area contributed by atoms with Gasteiger partial charge in [-0.05, 0) is 6.92 Å². The van der Waals surface area contributed by atoms with E-state index in [4.69, 9.17) is 0 Å². The third-order valence-corrected chi connectivity index (χ3v) is 5.02. The van der Waals surface area contributed by atoms with Crippen LogP contribution in [0, 0.1) is 0 Å². The molecule has 0 spiro atoms. The van der Waals surface area contributed by atoms with Crippen molar-refractivity contribution < 1.29 is 23.1 Å². The fourth-order valence-electron chi connectivity index (χ4n) is 3.19. The summed E-state index contributed by atoms with van der Waals surface area (Å²) in [6, 6.07) is -0.710. The summed E-state index contributed by atoms with van der Waals surface area (Å²) in [7, 11) is -3.40. The number of aromatic nitrogens is 2. The fraction of sp³-hybridized carbons (Fsp3) is 0.615. The Morgan fingerprint density at radius 3 is 2.75 bits per heavy atom. The molecule has 0 aliphatic carbocycles. The summed E-state index contributed by atoms with van der Waals surface area (Å²) in [5, 5.41) is 13.5. The molecule has 1 fully saturated rings. The van der Waals surface area contributed by atoms with Crippen LogP contribution in [0.4, 0.5) is 10.5 Å². The topological polar surface area (TPSA) is 125 Å².